The van der Waals surface area contributed by atoms with Crippen molar-refractivity contribution in [1.82, 2.24) is 0 Å². The molecular formula is C31H46Br2O8. The van der Waals surface area contributed by atoms with E-state index in [-0.39, 0.29) is 65.3 Å². The molecule has 4 aliphatic rings. The average molecular weight is 707 g/mol. The lowest BCUT2D eigenvalue weighted by Crippen LogP contribution is -2.70. The summed E-state index contributed by atoms with van der Waals surface area (Å²) in [5, 5.41) is 11.7. The highest BCUT2D eigenvalue weighted by atomic mass is 79.9. The van der Waals surface area contributed by atoms with Crippen LogP contribution in [0.2, 0.25) is 0 Å². The van der Waals surface area contributed by atoms with Crippen LogP contribution in [0, 0.1) is 46.3 Å². The standard InChI is InChI=1S/C31H46Br2O8/c1-14(2)39-24(36)11-8-15(3)18-9-10-19-25-20(13-23(30(18,19)6)41-17(5)35)31(7)21(12-22(25)40-16(4)34)26(32)28(37)27(33)29(31)38/h14-15,18-23,25-27,29,38H,8-13H2,1-7H3/t15-,18-,19+,20?,21-,22-,23+,25?,26-,27+,29-,30-,31-/m1/s1. The number of fused-ring (bicyclic) bond motifs is 5. The largest absolute Gasteiger partial charge is 0.463 e. The first-order valence-electron chi connectivity index (χ1n) is 15.1. The molecule has 0 aromatic rings. The topological polar surface area (TPSA) is 116 Å². The Balaban J connectivity index is 1.74. The number of halogens is 2. The van der Waals surface area contributed by atoms with Gasteiger partial charge in [-0.3, -0.25) is 19.2 Å². The van der Waals surface area contributed by atoms with Crippen LogP contribution in [0.3, 0.4) is 0 Å². The quantitative estimate of drug-likeness (QED) is 0.213. The van der Waals surface area contributed by atoms with Gasteiger partial charge in [0.05, 0.1) is 17.0 Å². The van der Waals surface area contributed by atoms with Gasteiger partial charge in [0.2, 0.25) is 0 Å². The zero-order chi connectivity index (χ0) is 30.6. The molecule has 4 aliphatic carbocycles. The van der Waals surface area contributed by atoms with E-state index in [1.165, 1.54) is 13.8 Å². The Kier molecular flexibility index (Phi) is 9.77. The molecule has 0 aliphatic heterocycles. The van der Waals surface area contributed by atoms with Crippen molar-refractivity contribution in [2.45, 2.75) is 121 Å². The SMILES string of the molecule is CC(=O)O[C@H]1CC2C([C@H](OC(C)=O)C[C@@H]3[C@@H](Br)C(=O)[C@H](Br)[C@@H](O)[C@]23C)[C@@H]2CC[C@H]([C@H](C)CCC(=O)OC(C)C)[C@@]12C. The highest BCUT2D eigenvalue weighted by Gasteiger charge is 2.71. The van der Waals surface area contributed by atoms with Crippen molar-refractivity contribution < 1.29 is 38.5 Å². The predicted octanol–water partition coefficient (Wildman–Crippen LogP) is 5.38. The molecule has 10 heteroatoms. The van der Waals surface area contributed by atoms with Gasteiger partial charge in [0.25, 0.3) is 0 Å². The van der Waals surface area contributed by atoms with Gasteiger partial charge >= 0.3 is 17.9 Å². The Hall–Kier alpha value is -1.00. The summed E-state index contributed by atoms with van der Waals surface area (Å²) < 4.78 is 17.6. The van der Waals surface area contributed by atoms with E-state index in [0.717, 1.165) is 12.8 Å². The van der Waals surface area contributed by atoms with E-state index in [1.807, 2.05) is 13.8 Å². The second-order valence-electron chi connectivity index (χ2n) is 13.7. The first-order valence-corrected chi connectivity index (χ1v) is 16.9. The molecule has 0 aromatic carbocycles. The number of ketones is 1. The van der Waals surface area contributed by atoms with E-state index in [9.17, 15) is 24.3 Å². The van der Waals surface area contributed by atoms with Crippen LogP contribution in [0.4, 0.5) is 0 Å². The normalized spacial score (nSPS) is 44.3. The van der Waals surface area contributed by atoms with E-state index in [2.05, 4.69) is 52.6 Å². The van der Waals surface area contributed by atoms with Crippen LogP contribution in [0.5, 0.6) is 0 Å². The fourth-order valence-corrected chi connectivity index (χ4v) is 11.8. The molecule has 0 heterocycles. The van der Waals surface area contributed by atoms with E-state index >= 15 is 0 Å². The third-order valence-corrected chi connectivity index (χ3v) is 13.3. The number of aliphatic hydroxyl groups excluding tert-OH is 1. The number of carbonyl (C=O) groups is 4. The lowest BCUT2D eigenvalue weighted by molar-refractivity contribution is -0.232. The second-order valence-corrected chi connectivity index (χ2v) is 15.7. The van der Waals surface area contributed by atoms with Crippen molar-refractivity contribution in [2.24, 2.45) is 46.3 Å². The minimum atomic E-state index is -0.940. The van der Waals surface area contributed by atoms with Crippen LogP contribution < -0.4 is 0 Å². The maximum atomic E-state index is 13.1. The van der Waals surface area contributed by atoms with Gasteiger partial charge in [-0.25, -0.2) is 0 Å². The van der Waals surface area contributed by atoms with Crippen LogP contribution >= 0.6 is 31.9 Å². The number of hydrogen-bond donors (Lipinski definition) is 1. The number of ether oxygens (including phenoxy) is 3. The van der Waals surface area contributed by atoms with Crippen molar-refractivity contribution in [2.75, 3.05) is 0 Å². The summed E-state index contributed by atoms with van der Waals surface area (Å²) in [6.45, 7) is 13.0. The van der Waals surface area contributed by atoms with Crippen molar-refractivity contribution in [1.29, 1.82) is 0 Å². The van der Waals surface area contributed by atoms with Crippen LogP contribution in [-0.2, 0) is 33.4 Å². The summed E-state index contributed by atoms with van der Waals surface area (Å²) in [6, 6.07) is 0. The highest BCUT2D eigenvalue weighted by molar-refractivity contribution is 9.10. The van der Waals surface area contributed by atoms with E-state index in [0.29, 0.717) is 25.7 Å². The van der Waals surface area contributed by atoms with Crippen molar-refractivity contribution in [3.63, 3.8) is 0 Å². The summed E-state index contributed by atoms with van der Waals surface area (Å²) in [5.74, 6) is -1.07. The first kappa shape index (κ1) is 32.9. The number of esters is 3. The molecule has 4 rings (SSSR count). The van der Waals surface area contributed by atoms with Gasteiger partial charge in [0.15, 0.2) is 5.78 Å². The van der Waals surface area contributed by atoms with Crippen LogP contribution in [0.1, 0.15) is 87.0 Å². The summed E-state index contributed by atoms with van der Waals surface area (Å²) in [4.78, 5) is 49.1. The van der Waals surface area contributed by atoms with Crippen LogP contribution in [0.15, 0.2) is 0 Å². The summed E-state index contributed by atoms with van der Waals surface area (Å²) in [6.07, 6.45) is 1.82. The molecule has 8 nitrogen and oxygen atoms in total. The van der Waals surface area contributed by atoms with Gasteiger partial charge in [0, 0.05) is 37.0 Å². The number of rotatable bonds is 7. The number of alkyl halides is 2. The minimum Gasteiger partial charge on any atom is -0.463 e. The third-order valence-electron chi connectivity index (χ3n) is 11.3. The zero-order valence-corrected chi connectivity index (χ0v) is 28.4. The number of carbonyl (C=O) groups excluding carboxylic acids is 4. The Morgan fingerprint density at radius 3 is 2.15 bits per heavy atom. The van der Waals surface area contributed by atoms with Crippen molar-refractivity contribution >= 4 is 55.6 Å². The van der Waals surface area contributed by atoms with Gasteiger partial charge in [0.1, 0.15) is 17.0 Å². The number of Topliss-reactive ketones (excluding diaryl/α,β-unsaturated/α-hetero) is 1. The summed E-state index contributed by atoms with van der Waals surface area (Å²) in [5.41, 5.74) is -1.09. The smallest absolute Gasteiger partial charge is 0.306 e. The maximum absolute atomic E-state index is 13.1. The lowest BCUT2D eigenvalue weighted by atomic mass is 9.42. The Morgan fingerprint density at radius 1 is 0.927 bits per heavy atom. The molecule has 0 spiro atoms. The molecule has 13 atom stereocenters. The Bertz CT molecular complexity index is 1050. The second kappa shape index (κ2) is 12.2. The molecule has 2 unspecified atom stereocenters. The molecule has 0 aromatic heterocycles. The molecule has 0 amide bonds. The molecule has 1 N–H and O–H groups in total. The van der Waals surface area contributed by atoms with E-state index < -0.39 is 38.8 Å². The minimum absolute atomic E-state index is 0.0650. The first-order chi connectivity index (χ1) is 19.0. The molecule has 4 fully saturated rings. The van der Waals surface area contributed by atoms with Gasteiger partial charge in [-0.05, 0) is 75.5 Å². The Labute approximate surface area is 260 Å². The summed E-state index contributed by atoms with van der Waals surface area (Å²) >= 11 is 7.13. The fourth-order valence-electron chi connectivity index (χ4n) is 9.56. The molecular weight excluding hydrogens is 660 g/mol. The van der Waals surface area contributed by atoms with Gasteiger partial charge < -0.3 is 19.3 Å². The lowest BCUT2D eigenvalue weighted by Gasteiger charge is -2.65. The molecule has 4 saturated carbocycles. The number of aliphatic hydroxyl groups is 1. The van der Waals surface area contributed by atoms with E-state index in [1.54, 1.807) is 0 Å². The van der Waals surface area contributed by atoms with Crippen molar-refractivity contribution in [3.05, 3.63) is 0 Å². The predicted molar refractivity (Wildman–Crippen MR) is 159 cm³/mol. The highest BCUT2D eigenvalue weighted by Crippen LogP contribution is 2.69. The van der Waals surface area contributed by atoms with Gasteiger partial charge in [-0.1, -0.05) is 52.6 Å². The molecule has 0 bridgehead atoms. The third kappa shape index (κ3) is 5.67. The van der Waals surface area contributed by atoms with Gasteiger partial charge in [-0.2, -0.15) is 0 Å². The van der Waals surface area contributed by atoms with E-state index in [4.69, 9.17) is 14.2 Å². The Morgan fingerprint density at radius 2 is 1.56 bits per heavy atom. The summed E-state index contributed by atoms with van der Waals surface area (Å²) in [7, 11) is 0. The van der Waals surface area contributed by atoms with Crippen LogP contribution in [0.25, 0.3) is 0 Å². The monoisotopic (exact) mass is 704 g/mol. The molecule has 0 saturated heterocycles. The van der Waals surface area contributed by atoms with Gasteiger partial charge in [-0.15, -0.1) is 0 Å². The van der Waals surface area contributed by atoms with Crippen molar-refractivity contribution in [3.8, 4) is 0 Å². The molecule has 232 valence electrons. The average Bonchev–Trinajstić information content (AvgIpc) is 3.23. The molecule has 0 radical (unpaired) electrons. The maximum Gasteiger partial charge on any atom is 0.306 e. The zero-order valence-electron chi connectivity index (χ0n) is 25.2. The molecule has 41 heavy (non-hydrogen) atoms. The number of hydrogen-bond acceptors (Lipinski definition) is 8. The fraction of sp³-hybridized carbons (Fsp3) is 0.871. The van der Waals surface area contributed by atoms with Crippen LogP contribution in [-0.4, -0.2) is 62.9 Å².